The van der Waals surface area contributed by atoms with Gasteiger partial charge >= 0.3 is 0 Å². The van der Waals surface area contributed by atoms with Crippen LogP contribution in [0.2, 0.25) is 0 Å². The zero-order chi connectivity index (χ0) is 11.1. The van der Waals surface area contributed by atoms with Crippen LogP contribution in [0.25, 0.3) is 0 Å². The second-order valence-corrected chi connectivity index (χ2v) is 4.69. The van der Waals surface area contributed by atoms with Crippen LogP contribution in [0.5, 0.6) is 0 Å². The van der Waals surface area contributed by atoms with E-state index in [0.29, 0.717) is 0 Å². The van der Waals surface area contributed by atoms with Gasteiger partial charge in [0.1, 0.15) is 5.82 Å². The summed E-state index contributed by atoms with van der Waals surface area (Å²) < 4.78 is 13.1. The van der Waals surface area contributed by atoms with Crippen LogP contribution in [0.4, 0.5) is 15.8 Å². The first kappa shape index (κ1) is 10.1. The van der Waals surface area contributed by atoms with Crippen molar-refractivity contribution in [3.8, 4) is 0 Å². The predicted molar refractivity (Wildman–Crippen MR) is 61.5 cm³/mol. The largest absolute Gasteiger partial charge is 0.378 e. The SMILES string of the molecule is CC1=Nc2ccc(F)cc2NC(C)(C)C1. The number of benzene rings is 1. The Morgan fingerprint density at radius 1 is 1.40 bits per heavy atom. The predicted octanol–water partition coefficient (Wildman–Crippen LogP) is 3.51. The highest BCUT2D eigenvalue weighted by Gasteiger charge is 2.23. The molecule has 0 unspecified atom stereocenters. The first-order chi connectivity index (χ1) is 6.96. The molecule has 0 amide bonds. The van der Waals surface area contributed by atoms with E-state index in [1.807, 2.05) is 6.92 Å². The molecular formula is C12H15FN2. The fraction of sp³-hybridized carbons (Fsp3) is 0.417. The van der Waals surface area contributed by atoms with E-state index >= 15 is 0 Å². The Labute approximate surface area is 89.2 Å². The van der Waals surface area contributed by atoms with Crippen LogP contribution in [0.15, 0.2) is 23.2 Å². The summed E-state index contributed by atoms with van der Waals surface area (Å²) in [6.07, 6.45) is 0.864. The van der Waals surface area contributed by atoms with E-state index in [9.17, 15) is 4.39 Å². The number of rotatable bonds is 0. The van der Waals surface area contributed by atoms with Gasteiger partial charge in [-0.15, -0.1) is 0 Å². The molecule has 1 aromatic carbocycles. The molecule has 1 N–H and O–H groups in total. The third kappa shape index (κ3) is 2.17. The Morgan fingerprint density at radius 2 is 2.13 bits per heavy atom. The number of aliphatic imine (C=N–C) groups is 1. The van der Waals surface area contributed by atoms with Crippen LogP contribution in [-0.4, -0.2) is 11.3 Å². The van der Waals surface area contributed by atoms with Crippen molar-refractivity contribution < 1.29 is 4.39 Å². The van der Waals surface area contributed by atoms with Gasteiger partial charge in [0, 0.05) is 17.7 Å². The molecule has 0 bridgehead atoms. The summed E-state index contributed by atoms with van der Waals surface area (Å²) >= 11 is 0. The van der Waals surface area contributed by atoms with Gasteiger partial charge in [-0.2, -0.15) is 0 Å². The fourth-order valence-corrected chi connectivity index (χ4v) is 2.00. The summed E-state index contributed by atoms with van der Waals surface area (Å²) in [5, 5.41) is 3.32. The molecule has 2 nitrogen and oxygen atoms in total. The standard InChI is InChI=1S/C12H15FN2/c1-8-7-12(2,3)15-11-6-9(13)4-5-10(11)14-8/h4-6,15H,7H2,1-3H3. The van der Waals surface area contributed by atoms with Crippen molar-refractivity contribution in [2.45, 2.75) is 32.7 Å². The number of anilines is 1. The number of halogens is 1. The first-order valence-corrected chi connectivity index (χ1v) is 5.08. The van der Waals surface area contributed by atoms with Gasteiger partial charge in [-0.3, -0.25) is 4.99 Å². The van der Waals surface area contributed by atoms with Crippen LogP contribution in [0.3, 0.4) is 0 Å². The van der Waals surface area contributed by atoms with E-state index < -0.39 is 0 Å². The lowest BCUT2D eigenvalue weighted by atomic mass is 9.98. The molecule has 0 fully saturated rings. The summed E-state index contributed by atoms with van der Waals surface area (Å²) in [4.78, 5) is 4.46. The van der Waals surface area contributed by atoms with Crippen molar-refractivity contribution in [3.63, 3.8) is 0 Å². The molecule has 0 atom stereocenters. The van der Waals surface area contributed by atoms with Crippen LogP contribution in [0, 0.1) is 5.82 Å². The third-order valence-corrected chi connectivity index (χ3v) is 2.44. The smallest absolute Gasteiger partial charge is 0.125 e. The van der Waals surface area contributed by atoms with Crippen molar-refractivity contribution in [1.29, 1.82) is 0 Å². The molecule has 0 saturated carbocycles. The van der Waals surface area contributed by atoms with Gasteiger partial charge in [0.25, 0.3) is 0 Å². The number of hydrogen-bond donors (Lipinski definition) is 1. The van der Waals surface area contributed by atoms with Gasteiger partial charge in [0.15, 0.2) is 0 Å². The van der Waals surface area contributed by atoms with Crippen LogP contribution < -0.4 is 5.32 Å². The average molecular weight is 206 g/mol. The molecule has 0 saturated heterocycles. The quantitative estimate of drug-likeness (QED) is 0.690. The molecule has 3 heteroatoms. The van der Waals surface area contributed by atoms with Crippen molar-refractivity contribution in [2.24, 2.45) is 4.99 Å². The number of hydrogen-bond acceptors (Lipinski definition) is 2. The highest BCUT2D eigenvalue weighted by Crippen LogP contribution is 2.32. The van der Waals surface area contributed by atoms with Crippen LogP contribution >= 0.6 is 0 Å². The summed E-state index contributed by atoms with van der Waals surface area (Å²) in [6.45, 7) is 6.18. The minimum atomic E-state index is -0.230. The molecule has 2 rings (SSSR count). The maximum absolute atomic E-state index is 13.1. The Kier molecular flexibility index (Phi) is 2.25. The molecule has 1 aliphatic rings. The van der Waals surface area contributed by atoms with Gasteiger partial charge in [0.2, 0.25) is 0 Å². The zero-order valence-electron chi connectivity index (χ0n) is 9.26. The van der Waals surface area contributed by atoms with E-state index in [1.54, 1.807) is 6.07 Å². The number of fused-ring (bicyclic) bond motifs is 1. The highest BCUT2D eigenvalue weighted by atomic mass is 19.1. The normalized spacial score (nSPS) is 18.5. The first-order valence-electron chi connectivity index (χ1n) is 5.08. The van der Waals surface area contributed by atoms with E-state index in [1.165, 1.54) is 12.1 Å². The second-order valence-electron chi connectivity index (χ2n) is 4.69. The zero-order valence-corrected chi connectivity index (χ0v) is 9.26. The monoisotopic (exact) mass is 206 g/mol. The molecule has 1 aromatic rings. The maximum atomic E-state index is 13.1. The summed E-state index contributed by atoms with van der Waals surface area (Å²) in [5.41, 5.74) is 2.58. The van der Waals surface area contributed by atoms with Crippen molar-refractivity contribution in [3.05, 3.63) is 24.0 Å². The fourth-order valence-electron chi connectivity index (χ4n) is 2.00. The number of nitrogens with one attached hydrogen (secondary N) is 1. The van der Waals surface area contributed by atoms with Crippen molar-refractivity contribution in [1.82, 2.24) is 0 Å². The topological polar surface area (TPSA) is 24.4 Å². The molecule has 15 heavy (non-hydrogen) atoms. The van der Waals surface area contributed by atoms with Gasteiger partial charge in [-0.05, 0) is 39.0 Å². The third-order valence-electron chi connectivity index (χ3n) is 2.44. The maximum Gasteiger partial charge on any atom is 0.125 e. The molecule has 1 aliphatic heterocycles. The summed E-state index contributed by atoms with van der Waals surface area (Å²) in [7, 11) is 0. The van der Waals surface area contributed by atoms with Gasteiger partial charge in [-0.1, -0.05) is 0 Å². The Bertz CT molecular complexity index is 422. The summed E-state index contributed by atoms with van der Waals surface area (Å²) in [5.74, 6) is -0.230. The molecule has 0 aliphatic carbocycles. The molecule has 0 aromatic heterocycles. The molecule has 1 heterocycles. The molecule has 80 valence electrons. The minimum absolute atomic E-state index is 0.0768. The van der Waals surface area contributed by atoms with Crippen molar-refractivity contribution >= 4 is 17.1 Å². The Balaban J connectivity index is 2.52. The van der Waals surface area contributed by atoms with E-state index in [2.05, 4.69) is 24.2 Å². The Hall–Kier alpha value is -1.38. The summed E-state index contributed by atoms with van der Waals surface area (Å²) in [6, 6.07) is 4.65. The van der Waals surface area contributed by atoms with Crippen LogP contribution in [0.1, 0.15) is 27.2 Å². The molecule has 0 spiro atoms. The second kappa shape index (κ2) is 3.33. The molecule has 0 radical (unpaired) electrons. The van der Waals surface area contributed by atoms with Gasteiger partial charge < -0.3 is 5.32 Å². The van der Waals surface area contributed by atoms with Gasteiger partial charge in [0.05, 0.1) is 11.4 Å². The van der Waals surface area contributed by atoms with E-state index in [0.717, 1.165) is 23.5 Å². The van der Waals surface area contributed by atoms with Crippen molar-refractivity contribution in [2.75, 3.05) is 5.32 Å². The molecular weight excluding hydrogens is 191 g/mol. The van der Waals surface area contributed by atoms with Gasteiger partial charge in [-0.25, -0.2) is 4.39 Å². The lowest BCUT2D eigenvalue weighted by Gasteiger charge is -2.25. The minimum Gasteiger partial charge on any atom is -0.378 e. The van der Waals surface area contributed by atoms with E-state index in [4.69, 9.17) is 0 Å². The average Bonchev–Trinajstić information content (AvgIpc) is 2.17. The lowest BCUT2D eigenvalue weighted by molar-refractivity contribution is 0.592. The highest BCUT2D eigenvalue weighted by molar-refractivity contribution is 5.89. The lowest BCUT2D eigenvalue weighted by Crippen LogP contribution is -2.31. The Morgan fingerprint density at radius 3 is 2.87 bits per heavy atom. The number of nitrogens with zero attached hydrogens (tertiary/aromatic N) is 1. The van der Waals surface area contributed by atoms with E-state index in [-0.39, 0.29) is 11.4 Å². The van der Waals surface area contributed by atoms with Crippen LogP contribution in [-0.2, 0) is 0 Å².